The van der Waals surface area contributed by atoms with Crippen LogP contribution in [0, 0.1) is 5.41 Å². The third-order valence-electron chi connectivity index (χ3n) is 1.40. The van der Waals surface area contributed by atoms with Crippen molar-refractivity contribution in [1.82, 2.24) is 4.90 Å². The van der Waals surface area contributed by atoms with E-state index < -0.39 is 0 Å². The monoisotopic (exact) mass is 184 g/mol. The number of nitrogens with zero attached hydrogens (tertiary/aromatic N) is 1. The van der Waals surface area contributed by atoms with Crippen LogP contribution in [0.4, 0.5) is 0 Å². The molecule has 0 aromatic rings. The molecule has 0 aromatic heterocycles. The van der Waals surface area contributed by atoms with E-state index in [1.807, 2.05) is 0 Å². The van der Waals surface area contributed by atoms with Crippen molar-refractivity contribution < 1.29 is 9.84 Å². The lowest BCUT2D eigenvalue weighted by Gasteiger charge is -2.12. The Balaban J connectivity index is 4.31. The molecule has 74 valence electrons. The van der Waals surface area contributed by atoms with Gasteiger partial charge in [0.15, 0.2) is 5.76 Å². The number of nitrogens with one attached hydrogen (secondary N) is 1. The van der Waals surface area contributed by atoms with Gasteiger partial charge < -0.3 is 14.7 Å². The summed E-state index contributed by atoms with van der Waals surface area (Å²) in [6, 6.07) is 0. The third kappa shape index (κ3) is 4.20. The van der Waals surface area contributed by atoms with Crippen LogP contribution in [0.3, 0.4) is 0 Å². The van der Waals surface area contributed by atoms with E-state index in [-0.39, 0.29) is 11.7 Å². The van der Waals surface area contributed by atoms with Crippen LogP contribution >= 0.6 is 0 Å². The number of likely N-dealkylation sites (N-methyl/N-ethyl adjacent to an activating group) is 1. The smallest absolute Gasteiger partial charge is 0.249 e. The van der Waals surface area contributed by atoms with Crippen LogP contribution in [-0.4, -0.2) is 36.6 Å². The van der Waals surface area contributed by atoms with Gasteiger partial charge in [-0.05, 0) is 6.92 Å². The second kappa shape index (κ2) is 5.24. The maximum Gasteiger partial charge on any atom is 0.249 e. The van der Waals surface area contributed by atoms with Gasteiger partial charge in [0.1, 0.15) is 0 Å². The average Bonchev–Trinajstić information content (AvgIpc) is 2.04. The molecule has 0 unspecified atom stereocenters. The zero-order chi connectivity index (χ0) is 10.4. The number of hydrogen-bond donors (Lipinski definition) is 2. The van der Waals surface area contributed by atoms with E-state index in [4.69, 9.17) is 10.1 Å². The molecule has 4 nitrogen and oxygen atoms in total. The second-order valence-electron chi connectivity index (χ2n) is 2.68. The molecule has 0 radical (unpaired) electrons. The lowest BCUT2D eigenvalue weighted by molar-refractivity contribution is 0.298. The lowest BCUT2D eigenvalue weighted by atomic mass is 10.3. The van der Waals surface area contributed by atoms with Crippen molar-refractivity contribution in [1.29, 1.82) is 5.41 Å². The fraction of sp³-hybridized carbons (Fsp3) is 0.444. The van der Waals surface area contributed by atoms with E-state index in [0.717, 1.165) is 0 Å². The van der Waals surface area contributed by atoms with Crippen LogP contribution in [0.2, 0.25) is 0 Å². The number of hydrogen-bond acceptors (Lipinski definition) is 4. The number of aliphatic hydroxyl groups excluding tert-OH is 1. The molecular weight excluding hydrogens is 168 g/mol. The first kappa shape index (κ1) is 11.6. The van der Waals surface area contributed by atoms with Crippen molar-refractivity contribution in [2.75, 3.05) is 20.7 Å². The molecule has 0 saturated carbocycles. The van der Waals surface area contributed by atoms with Crippen LogP contribution < -0.4 is 0 Å². The second-order valence-corrected chi connectivity index (χ2v) is 2.68. The van der Waals surface area contributed by atoms with Gasteiger partial charge >= 0.3 is 0 Å². The van der Waals surface area contributed by atoms with Gasteiger partial charge in [-0.3, -0.25) is 5.41 Å². The molecule has 4 heteroatoms. The predicted octanol–water partition coefficient (Wildman–Crippen LogP) is 1.52. The summed E-state index contributed by atoms with van der Waals surface area (Å²) >= 11 is 0. The SMILES string of the molecule is C=C(/C=C(\O)C(=N)OCC)N(C)C. The van der Waals surface area contributed by atoms with Gasteiger partial charge in [-0.1, -0.05) is 6.58 Å². The minimum absolute atomic E-state index is 0.208. The average molecular weight is 184 g/mol. The topological polar surface area (TPSA) is 56.6 Å². The quantitative estimate of drug-likeness (QED) is 0.301. The molecule has 0 saturated heterocycles. The summed E-state index contributed by atoms with van der Waals surface area (Å²) in [4.78, 5) is 1.73. The van der Waals surface area contributed by atoms with Gasteiger partial charge in [-0.2, -0.15) is 0 Å². The maximum atomic E-state index is 9.29. The predicted molar refractivity (Wildman–Crippen MR) is 52.9 cm³/mol. The molecule has 0 rings (SSSR count). The van der Waals surface area contributed by atoms with Crippen molar-refractivity contribution in [2.24, 2.45) is 0 Å². The molecule has 0 heterocycles. The Labute approximate surface area is 78.6 Å². The standard InChI is InChI=1S/C9H16N2O2/c1-5-13-9(10)8(12)6-7(2)11(3)4/h6,10,12H,2,5H2,1,3-4H3/b8-6-,10-9?. The van der Waals surface area contributed by atoms with Crippen LogP contribution in [0.25, 0.3) is 0 Å². The Kier molecular flexibility index (Phi) is 4.66. The zero-order valence-corrected chi connectivity index (χ0v) is 8.29. The molecular formula is C9H16N2O2. The van der Waals surface area contributed by atoms with Gasteiger partial charge in [-0.15, -0.1) is 0 Å². The Hall–Kier alpha value is -1.45. The van der Waals surface area contributed by atoms with Gasteiger partial charge in [0.25, 0.3) is 0 Å². The van der Waals surface area contributed by atoms with Crippen molar-refractivity contribution in [3.8, 4) is 0 Å². The fourth-order valence-electron chi connectivity index (χ4n) is 0.571. The van der Waals surface area contributed by atoms with Gasteiger partial charge in [0.2, 0.25) is 5.90 Å². The summed E-state index contributed by atoms with van der Waals surface area (Å²) < 4.78 is 4.79. The molecule has 0 bridgehead atoms. The first-order valence-corrected chi connectivity index (χ1v) is 3.97. The molecule has 0 aliphatic heterocycles. The van der Waals surface area contributed by atoms with Crippen LogP contribution in [0.1, 0.15) is 6.92 Å². The lowest BCUT2D eigenvalue weighted by Crippen LogP contribution is -2.11. The zero-order valence-electron chi connectivity index (χ0n) is 8.29. The van der Waals surface area contributed by atoms with Crippen LogP contribution in [0.15, 0.2) is 24.1 Å². The Morgan fingerprint density at radius 1 is 1.62 bits per heavy atom. The number of ether oxygens (including phenoxy) is 1. The highest BCUT2D eigenvalue weighted by Gasteiger charge is 2.04. The molecule has 0 aromatic carbocycles. The summed E-state index contributed by atoms with van der Waals surface area (Å²) in [5.41, 5.74) is 0.613. The van der Waals surface area contributed by atoms with E-state index in [0.29, 0.717) is 12.3 Å². The molecule has 2 N–H and O–H groups in total. The Morgan fingerprint density at radius 3 is 2.54 bits per heavy atom. The third-order valence-corrected chi connectivity index (χ3v) is 1.40. The van der Waals surface area contributed by atoms with E-state index in [9.17, 15) is 5.11 Å². The van der Waals surface area contributed by atoms with Gasteiger partial charge in [0.05, 0.1) is 6.61 Å². The summed E-state index contributed by atoms with van der Waals surface area (Å²) in [5, 5.41) is 16.5. The molecule has 0 spiro atoms. The summed E-state index contributed by atoms with van der Waals surface area (Å²) in [6.07, 6.45) is 1.39. The van der Waals surface area contributed by atoms with Gasteiger partial charge in [-0.25, -0.2) is 0 Å². The summed E-state index contributed by atoms with van der Waals surface area (Å²) in [5.74, 6) is -0.439. The molecule has 13 heavy (non-hydrogen) atoms. The maximum absolute atomic E-state index is 9.29. The summed E-state index contributed by atoms with van der Waals surface area (Å²) in [6.45, 7) is 5.79. The van der Waals surface area contributed by atoms with Crippen LogP contribution in [-0.2, 0) is 4.74 Å². The van der Waals surface area contributed by atoms with Crippen molar-refractivity contribution in [2.45, 2.75) is 6.92 Å². The summed E-state index contributed by atoms with van der Waals surface area (Å²) in [7, 11) is 3.60. The Bertz CT molecular complexity index is 232. The number of aliphatic hydroxyl groups is 1. The number of allylic oxidation sites excluding steroid dienone is 1. The van der Waals surface area contributed by atoms with E-state index in [2.05, 4.69) is 6.58 Å². The van der Waals surface area contributed by atoms with Gasteiger partial charge in [0, 0.05) is 25.9 Å². The number of rotatable bonds is 4. The highest BCUT2D eigenvalue weighted by molar-refractivity contribution is 5.88. The highest BCUT2D eigenvalue weighted by atomic mass is 16.5. The van der Waals surface area contributed by atoms with Crippen molar-refractivity contribution in [3.63, 3.8) is 0 Å². The first-order chi connectivity index (χ1) is 5.99. The Morgan fingerprint density at radius 2 is 2.15 bits per heavy atom. The molecule has 0 aliphatic rings. The van der Waals surface area contributed by atoms with Crippen molar-refractivity contribution in [3.05, 3.63) is 24.1 Å². The minimum atomic E-state index is -0.231. The molecule has 0 aliphatic carbocycles. The first-order valence-electron chi connectivity index (χ1n) is 3.97. The molecule has 0 fully saturated rings. The fourth-order valence-corrected chi connectivity index (χ4v) is 0.571. The van der Waals surface area contributed by atoms with Crippen LogP contribution in [0.5, 0.6) is 0 Å². The largest absolute Gasteiger partial charge is 0.503 e. The minimum Gasteiger partial charge on any atom is -0.503 e. The van der Waals surface area contributed by atoms with E-state index in [1.165, 1.54) is 6.08 Å². The van der Waals surface area contributed by atoms with E-state index in [1.54, 1.807) is 25.9 Å². The normalized spacial score (nSPS) is 10.8. The molecule has 0 atom stereocenters. The highest BCUT2D eigenvalue weighted by Crippen LogP contribution is 2.02. The molecule has 0 amide bonds. The van der Waals surface area contributed by atoms with Crippen molar-refractivity contribution >= 4 is 5.90 Å². The van der Waals surface area contributed by atoms with E-state index >= 15 is 0 Å².